The second-order valence-corrected chi connectivity index (χ2v) is 6.59. The molecule has 1 heterocycles. The number of likely N-dealkylation sites (N-methyl/N-ethyl adjacent to an activating group) is 1. The highest BCUT2D eigenvalue weighted by molar-refractivity contribution is 6.31. The van der Waals surface area contributed by atoms with Crippen LogP contribution in [0.5, 0.6) is 0 Å². The number of hydrogen-bond acceptors (Lipinski definition) is 4. The maximum absolute atomic E-state index is 13.4. The Balaban J connectivity index is 1.72. The fraction of sp³-hybridized carbons (Fsp3) is 0.316. The molecule has 2 N–H and O–H groups in total. The monoisotopic (exact) mass is 408 g/mol. The van der Waals surface area contributed by atoms with Crippen molar-refractivity contribution >= 4 is 29.5 Å². The molecule has 1 aromatic heterocycles. The van der Waals surface area contributed by atoms with Crippen LogP contribution in [0.15, 0.2) is 30.5 Å². The van der Waals surface area contributed by atoms with Crippen molar-refractivity contribution in [2.45, 2.75) is 20.4 Å². The summed E-state index contributed by atoms with van der Waals surface area (Å²) in [4.78, 5) is 29.3. The average molecular weight is 409 g/mol. The smallest absolute Gasteiger partial charge is 0.412 e. The SMILES string of the molecule is Cc1cnc(NC(=O)OCCN(C)C(=O)NCc2cccc(F)c2Cl)cc1C. The van der Waals surface area contributed by atoms with Crippen LogP contribution < -0.4 is 10.6 Å². The largest absolute Gasteiger partial charge is 0.447 e. The maximum Gasteiger partial charge on any atom is 0.412 e. The molecule has 150 valence electrons. The van der Waals surface area contributed by atoms with Crippen molar-refractivity contribution in [2.24, 2.45) is 0 Å². The Morgan fingerprint density at radius 2 is 2.04 bits per heavy atom. The van der Waals surface area contributed by atoms with Crippen LogP contribution in [0, 0.1) is 19.7 Å². The lowest BCUT2D eigenvalue weighted by molar-refractivity contribution is 0.146. The van der Waals surface area contributed by atoms with Crippen molar-refractivity contribution in [3.63, 3.8) is 0 Å². The molecule has 0 aliphatic rings. The number of ether oxygens (including phenoxy) is 1. The maximum atomic E-state index is 13.4. The van der Waals surface area contributed by atoms with Gasteiger partial charge in [-0.3, -0.25) is 5.32 Å². The predicted octanol–water partition coefficient (Wildman–Crippen LogP) is 3.88. The molecule has 0 radical (unpaired) electrons. The summed E-state index contributed by atoms with van der Waals surface area (Å²) in [6, 6.07) is 5.73. The van der Waals surface area contributed by atoms with E-state index in [-0.39, 0.29) is 24.7 Å². The number of pyridine rings is 1. The summed E-state index contributed by atoms with van der Waals surface area (Å²) in [5, 5.41) is 5.13. The molecule has 0 spiro atoms. The molecule has 0 bridgehead atoms. The second kappa shape index (κ2) is 9.89. The van der Waals surface area contributed by atoms with E-state index in [9.17, 15) is 14.0 Å². The third-order valence-corrected chi connectivity index (χ3v) is 4.49. The fourth-order valence-electron chi connectivity index (χ4n) is 2.20. The second-order valence-electron chi connectivity index (χ2n) is 6.21. The Morgan fingerprint density at radius 3 is 2.75 bits per heavy atom. The average Bonchev–Trinajstić information content (AvgIpc) is 2.65. The normalized spacial score (nSPS) is 10.3. The lowest BCUT2D eigenvalue weighted by atomic mass is 10.2. The van der Waals surface area contributed by atoms with E-state index in [0.717, 1.165) is 11.1 Å². The van der Waals surface area contributed by atoms with Crippen LogP contribution in [0.1, 0.15) is 16.7 Å². The van der Waals surface area contributed by atoms with Gasteiger partial charge in [0.25, 0.3) is 0 Å². The Morgan fingerprint density at radius 1 is 1.29 bits per heavy atom. The number of aryl methyl sites for hydroxylation is 2. The highest BCUT2D eigenvalue weighted by Crippen LogP contribution is 2.19. The number of amides is 3. The zero-order valence-electron chi connectivity index (χ0n) is 15.9. The molecule has 9 heteroatoms. The third-order valence-electron chi connectivity index (χ3n) is 4.07. The molecular weight excluding hydrogens is 387 g/mol. The minimum absolute atomic E-state index is 0.00131. The molecule has 2 rings (SSSR count). The van der Waals surface area contributed by atoms with Gasteiger partial charge >= 0.3 is 12.1 Å². The van der Waals surface area contributed by atoms with Gasteiger partial charge in [0.05, 0.1) is 11.6 Å². The molecule has 7 nitrogen and oxygen atoms in total. The highest BCUT2D eigenvalue weighted by atomic mass is 35.5. The molecular formula is C19H22ClFN4O3. The Hall–Kier alpha value is -2.87. The number of hydrogen-bond donors (Lipinski definition) is 2. The quantitative estimate of drug-likeness (QED) is 0.759. The molecule has 1 aromatic carbocycles. The van der Waals surface area contributed by atoms with Crippen LogP contribution in [-0.2, 0) is 11.3 Å². The van der Waals surface area contributed by atoms with Crippen molar-refractivity contribution in [2.75, 3.05) is 25.5 Å². The summed E-state index contributed by atoms with van der Waals surface area (Å²) in [6.07, 6.45) is 1.00. The fourth-order valence-corrected chi connectivity index (χ4v) is 2.39. The van der Waals surface area contributed by atoms with E-state index >= 15 is 0 Å². The van der Waals surface area contributed by atoms with Crippen LogP contribution in [0.3, 0.4) is 0 Å². The molecule has 0 saturated heterocycles. The summed E-state index contributed by atoms with van der Waals surface area (Å²) < 4.78 is 18.4. The van der Waals surface area contributed by atoms with Gasteiger partial charge in [-0.2, -0.15) is 0 Å². The minimum Gasteiger partial charge on any atom is -0.447 e. The first-order chi connectivity index (χ1) is 13.3. The number of carbonyl (C=O) groups is 2. The standard InChI is InChI=1S/C19H22ClFN4O3/c1-12-9-16(22-10-13(12)2)24-19(27)28-8-7-25(3)18(26)23-11-14-5-4-6-15(21)17(14)20/h4-6,9-10H,7-8,11H2,1-3H3,(H,23,26)(H,22,24,27). The summed E-state index contributed by atoms with van der Waals surface area (Å²) in [7, 11) is 1.55. The first kappa shape index (κ1) is 21.4. The van der Waals surface area contributed by atoms with Gasteiger partial charge in [-0.1, -0.05) is 23.7 Å². The lowest BCUT2D eigenvalue weighted by Gasteiger charge is -2.18. The van der Waals surface area contributed by atoms with E-state index in [0.29, 0.717) is 11.4 Å². The zero-order chi connectivity index (χ0) is 20.7. The van der Waals surface area contributed by atoms with Gasteiger partial charge in [0, 0.05) is 19.8 Å². The van der Waals surface area contributed by atoms with E-state index in [4.69, 9.17) is 16.3 Å². The van der Waals surface area contributed by atoms with Crippen molar-refractivity contribution < 1.29 is 18.7 Å². The first-order valence-electron chi connectivity index (χ1n) is 8.57. The molecule has 0 unspecified atom stereocenters. The van der Waals surface area contributed by atoms with Gasteiger partial charge in [-0.15, -0.1) is 0 Å². The summed E-state index contributed by atoms with van der Waals surface area (Å²) in [5.74, 6) is -0.148. The number of urea groups is 1. The van der Waals surface area contributed by atoms with Crippen LogP contribution in [0.2, 0.25) is 5.02 Å². The van der Waals surface area contributed by atoms with Crippen LogP contribution in [-0.4, -0.2) is 42.2 Å². The Bertz CT molecular complexity index is 863. The molecule has 2 aromatic rings. The number of halogens is 2. The molecule has 0 fully saturated rings. The van der Waals surface area contributed by atoms with Gasteiger partial charge in [0.1, 0.15) is 18.2 Å². The summed E-state index contributed by atoms with van der Waals surface area (Å²) >= 11 is 5.85. The number of nitrogens with one attached hydrogen (secondary N) is 2. The molecule has 0 atom stereocenters. The summed E-state index contributed by atoms with van der Waals surface area (Å²) in [6.45, 7) is 4.10. The molecule has 3 amide bonds. The van der Waals surface area contributed by atoms with Crippen molar-refractivity contribution in [3.8, 4) is 0 Å². The third kappa shape index (κ3) is 6.09. The van der Waals surface area contributed by atoms with E-state index in [1.807, 2.05) is 13.8 Å². The van der Waals surface area contributed by atoms with Gasteiger partial charge in [-0.05, 0) is 42.7 Å². The number of nitrogens with zero attached hydrogens (tertiary/aromatic N) is 2. The van der Waals surface area contributed by atoms with Gasteiger partial charge < -0.3 is 15.0 Å². The van der Waals surface area contributed by atoms with Gasteiger partial charge in [0.15, 0.2) is 0 Å². The van der Waals surface area contributed by atoms with Crippen LogP contribution in [0.25, 0.3) is 0 Å². The molecule has 0 aliphatic heterocycles. The molecule has 0 aliphatic carbocycles. The number of benzene rings is 1. The zero-order valence-corrected chi connectivity index (χ0v) is 16.6. The van der Waals surface area contributed by atoms with Crippen LogP contribution >= 0.6 is 11.6 Å². The van der Waals surface area contributed by atoms with Gasteiger partial charge in [0.2, 0.25) is 0 Å². The molecule has 28 heavy (non-hydrogen) atoms. The van der Waals surface area contributed by atoms with Crippen molar-refractivity contribution in [1.82, 2.24) is 15.2 Å². The van der Waals surface area contributed by atoms with E-state index < -0.39 is 17.9 Å². The highest BCUT2D eigenvalue weighted by Gasteiger charge is 2.12. The lowest BCUT2D eigenvalue weighted by Crippen LogP contribution is -2.39. The number of anilines is 1. The Kier molecular flexibility index (Phi) is 7.57. The van der Waals surface area contributed by atoms with Crippen LogP contribution in [0.4, 0.5) is 19.8 Å². The Labute approximate surface area is 167 Å². The first-order valence-corrected chi connectivity index (χ1v) is 8.94. The van der Waals surface area contributed by atoms with E-state index in [1.54, 1.807) is 25.4 Å². The number of carbonyl (C=O) groups excluding carboxylic acids is 2. The van der Waals surface area contributed by atoms with E-state index in [2.05, 4.69) is 15.6 Å². The molecule has 0 saturated carbocycles. The minimum atomic E-state index is -0.656. The summed E-state index contributed by atoms with van der Waals surface area (Å²) in [5.41, 5.74) is 2.49. The van der Waals surface area contributed by atoms with Gasteiger partial charge in [-0.25, -0.2) is 19.0 Å². The van der Waals surface area contributed by atoms with Crippen molar-refractivity contribution in [3.05, 3.63) is 58.0 Å². The van der Waals surface area contributed by atoms with Crippen molar-refractivity contribution in [1.29, 1.82) is 0 Å². The predicted molar refractivity (Wildman–Crippen MR) is 105 cm³/mol. The topological polar surface area (TPSA) is 83.6 Å². The number of rotatable bonds is 6. The number of aromatic nitrogens is 1. The van der Waals surface area contributed by atoms with E-state index in [1.165, 1.54) is 17.0 Å².